The van der Waals surface area contributed by atoms with Crippen LogP contribution in [0.4, 0.5) is 5.95 Å². The molecule has 1 aromatic heterocycles. The molecule has 4 heteroatoms. The topological polar surface area (TPSA) is 41.1 Å². The van der Waals surface area contributed by atoms with Gasteiger partial charge in [0, 0.05) is 24.7 Å². The van der Waals surface area contributed by atoms with E-state index in [1.54, 1.807) is 0 Å². The lowest BCUT2D eigenvalue weighted by atomic mass is 10.2. The van der Waals surface area contributed by atoms with Crippen LogP contribution in [-0.2, 0) is 0 Å². The van der Waals surface area contributed by atoms with Crippen molar-refractivity contribution in [2.45, 2.75) is 6.92 Å². The highest BCUT2D eigenvalue weighted by Gasteiger charge is 1.99. The fourth-order valence-electron chi connectivity index (χ4n) is 1.63. The lowest BCUT2D eigenvalue weighted by Gasteiger charge is -2.10. The van der Waals surface area contributed by atoms with E-state index in [0.29, 0.717) is 5.95 Å². The molecule has 1 aromatic carbocycles. The van der Waals surface area contributed by atoms with E-state index in [0.717, 1.165) is 24.0 Å². The van der Waals surface area contributed by atoms with E-state index in [4.69, 9.17) is 0 Å². The number of hydrogen-bond acceptors (Lipinski definition) is 4. The first-order chi connectivity index (χ1) is 8.15. The summed E-state index contributed by atoms with van der Waals surface area (Å²) in [5, 5.41) is 4.31. The number of nitrogens with one attached hydrogen (secondary N) is 1. The third kappa shape index (κ3) is 3.14. The smallest absolute Gasteiger partial charge is 0.223 e. The van der Waals surface area contributed by atoms with Gasteiger partial charge >= 0.3 is 0 Å². The van der Waals surface area contributed by atoms with Crippen LogP contribution in [0.1, 0.15) is 5.56 Å². The van der Waals surface area contributed by atoms with Gasteiger partial charge in [-0.1, -0.05) is 11.6 Å². The first kappa shape index (κ1) is 11.8. The van der Waals surface area contributed by atoms with Gasteiger partial charge in [0.2, 0.25) is 5.95 Å². The number of likely N-dealkylation sites (N-methyl/N-ethyl adjacent to an activating group) is 1. The lowest BCUT2D eigenvalue weighted by molar-refractivity contribution is 0.425. The van der Waals surface area contributed by atoms with Crippen molar-refractivity contribution >= 4 is 16.9 Å². The number of fused-ring (bicyclic) bond motifs is 1. The number of aromatic nitrogens is 2. The highest BCUT2D eigenvalue weighted by molar-refractivity contribution is 5.79. The van der Waals surface area contributed by atoms with Gasteiger partial charge in [0.1, 0.15) is 0 Å². The lowest BCUT2D eigenvalue weighted by Crippen LogP contribution is -2.21. The summed E-state index contributed by atoms with van der Waals surface area (Å²) in [6, 6.07) is 6.20. The Balaban J connectivity index is 2.12. The first-order valence-corrected chi connectivity index (χ1v) is 5.77. The van der Waals surface area contributed by atoms with E-state index in [9.17, 15) is 0 Å². The van der Waals surface area contributed by atoms with Crippen molar-refractivity contribution in [1.82, 2.24) is 14.9 Å². The summed E-state index contributed by atoms with van der Waals surface area (Å²) in [7, 11) is 4.09. The summed E-state index contributed by atoms with van der Waals surface area (Å²) < 4.78 is 0. The van der Waals surface area contributed by atoms with Crippen LogP contribution in [0.25, 0.3) is 10.9 Å². The van der Waals surface area contributed by atoms with E-state index >= 15 is 0 Å². The second kappa shape index (κ2) is 5.10. The molecule has 0 saturated heterocycles. The summed E-state index contributed by atoms with van der Waals surface area (Å²) in [6.45, 7) is 3.89. The van der Waals surface area contributed by atoms with Crippen molar-refractivity contribution in [2.75, 3.05) is 32.5 Å². The minimum absolute atomic E-state index is 0.697. The predicted molar refractivity (Wildman–Crippen MR) is 71.3 cm³/mol. The molecular formula is C13H18N4. The molecule has 2 aromatic rings. The molecule has 90 valence electrons. The summed E-state index contributed by atoms with van der Waals surface area (Å²) in [6.07, 6.45) is 1.87. The quantitative estimate of drug-likeness (QED) is 0.871. The zero-order valence-electron chi connectivity index (χ0n) is 10.6. The molecule has 0 aliphatic rings. The largest absolute Gasteiger partial charge is 0.353 e. The fourth-order valence-corrected chi connectivity index (χ4v) is 1.63. The Kier molecular flexibility index (Phi) is 3.54. The molecule has 0 aliphatic carbocycles. The molecule has 0 saturated carbocycles. The van der Waals surface area contributed by atoms with Gasteiger partial charge in [-0.05, 0) is 33.2 Å². The number of nitrogens with zero attached hydrogens (tertiary/aromatic N) is 3. The summed E-state index contributed by atoms with van der Waals surface area (Å²) in [5.41, 5.74) is 2.22. The summed E-state index contributed by atoms with van der Waals surface area (Å²) in [5.74, 6) is 0.697. The van der Waals surface area contributed by atoms with Gasteiger partial charge in [-0.2, -0.15) is 0 Å². The van der Waals surface area contributed by atoms with Crippen molar-refractivity contribution in [2.24, 2.45) is 0 Å². The maximum Gasteiger partial charge on any atom is 0.223 e. The van der Waals surface area contributed by atoms with Crippen LogP contribution >= 0.6 is 0 Å². The molecule has 0 atom stereocenters. The van der Waals surface area contributed by atoms with Gasteiger partial charge in [0.05, 0.1) is 5.52 Å². The van der Waals surface area contributed by atoms with Crippen molar-refractivity contribution in [3.8, 4) is 0 Å². The zero-order chi connectivity index (χ0) is 12.3. The third-order valence-corrected chi connectivity index (χ3v) is 2.58. The highest BCUT2D eigenvalue weighted by Crippen LogP contribution is 2.14. The van der Waals surface area contributed by atoms with E-state index in [1.807, 2.05) is 26.4 Å². The van der Waals surface area contributed by atoms with Crippen LogP contribution in [-0.4, -0.2) is 42.1 Å². The Morgan fingerprint density at radius 1 is 1.29 bits per heavy atom. The molecule has 0 fully saturated rings. The molecule has 0 radical (unpaired) electrons. The van der Waals surface area contributed by atoms with Crippen molar-refractivity contribution < 1.29 is 0 Å². The Hall–Kier alpha value is -1.68. The van der Waals surface area contributed by atoms with Gasteiger partial charge in [0.25, 0.3) is 0 Å². The highest BCUT2D eigenvalue weighted by atomic mass is 15.1. The standard InChI is InChI=1S/C13H18N4/c1-10-4-5-12-11(8-10)9-15-13(16-12)14-6-7-17(2)3/h4-5,8-9H,6-7H2,1-3H3,(H,14,15,16). The molecule has 0 unspecified atom stereocenters. The number of rotatable bonds is 4. The Bertz CT molecular complexity index is 508. The zero-order valence-corrected chi connectivity index (χ0v) is 10.6. The molecule has 4 nitrogen and oxygen atoms in total. The molecule has 0 bridgehead atoms. The van der Waals surface area contributed by atoms with Gasteiger partial charge in [0.15, 0.2) is 0 Å². The maximum absolute atomic E-state index is 4.47. The second-order valence-corrected chi connectivity index (χ2v) is 4.49. The van der Waals surface area contributed by atoms with Gasteiger partial charge < -0.3 is 10.2 Å². The van der Waals surface area contributed by atoms with Gasteiger partial charge in [-0.3, -0.25) is 0 Å². The fraction of sp³-hybridized carbons (Fsp3) is 0.385. The third-order valence-electron chi connectivity index (χ3n) is 2.58. The maximum atomic E-state index is 4.47. The average molecular weight is 230 g/mol. The van der Waals surface area contributed by atoms with Crippen LogP contribution in [0, 0.1) is 6.92 Å². The summed E-state index contributed by atoms with van der Waals surface area (Å²) >= 11 is 0. The van der Waals surface area contributed by atoms with Crippen LogP contribution in [0.15, 0.2) is 24.4 Å². The molecule has 0 aliphatic heterocycles. The van der Waals surface area contributed by atoms with Crippen LogP contribution in [0.5, 0.6) is 0 Å². The predicted octanol–water partition coefficient (Wildman–Crippen LogP) is 1.91. The molecule has 2 rings (SSSR count). The Labute approximate surface area is 102 Å². The normalized spacial score (nSPS) is 11.1. The van der Waals surface area contributed by atoms with Crippen molar-refractivity contribution in [3.63, 3.8) is 0 Å². The first-order valence-electron chi connectivity index (χ1n) is 5.77. The van der Waals surface area contributed by atoms with Crippen LogP contribution in [0.3, 0.4) is 0 Å². The van der Waals surface area contributed by atoms with Gasteiger partial charge in [-0.25, -0.2) is 9.97 Å². The summed E-state index contributed by atoms with van der Waals surface area (Å²) in [4.78, 5) is 10.9. The molecule has 17 heavy (non-hydrogen) atoms. The Morgan fingerprint density at radius 3 is 2.88 bits per heavy atom. The van der Waals surface area contributed by atoms with Gasteiger partial charge in [-0.15, -0.1) is 0 Å². The molecule has 0 spiro atoms. The van der Waals surface area contributed by atoms with Crippen molar-refractivity contribution in [1.29, 1.82) is 0 Å². The molecule has 0 amide bonds. The minimum atomic E-state index is 0.697. The van der Waals surface area contributed by atoms with E-state index in [2.05, 4.69) is 39.2 Å². The number of anilines is 1. The second-order valence-electron chi connectivity index (χ2n) is 4.49. The minimum Gasteiger partial charge on any atom is -0.353 e. The number of aryl methyl sites for hydroxylation is 1. The van der Waals surface area contributed by atoms with Crippen LogP contribution < -0.4 is 5.32 Å². The monoisotopic (exact) mass is 230 g/mol. The molecular weight excluding hydrogens is 212 g/mol. The molecule has 1 N–H and O–H groups in total. The average Bonchev–Trinajstić information content (AvgIpc) is 2.29. The van der Waals surface area contributed by atoms with E-state index < -0.39 is 0 Å². The SMILES string of the molecule is Cc1ccc2nc(NCCN(C)C)ncc2c1. The Morgan fingerprint density at radius 2 is 2.12 bits per heavy atom. The number of hydrogen-bond donors (Lipinski definition) is 1. The van der Waals surface area contributed by atoms with Crippen molar-refractivity contribution in [3.05, 3.63) is 30.0 Å². The van der Waals surface area contributed by atoms with E-state index in [1.165, 1.54) is 5.56 Å². The number of benzene rings is 1. The van der Waals surface area contributed by atoms with E-state index in [-0.39, 0.29) is 0 Å². The molecule has 1 heterocycles. The van der Waals surface area contributed by atoms with Crippen LogP contribution in [0.2, 0.25) is 0 Å².